The lowest BCUT2D eigenvalue weighted by molar-refractivity contribution is -0.184. The van der Waals surface area contributed by atoms with Crippen molar-refractivity contribution in [3.63, 3.8) is 0 Å². The summed E-state index contributed by atoms with van der Waals surface area (Å²) in [6.07, 6.45) is 2.36. The molecule has 3 atom stereocenters. The minimum atomic E-state index is -1.28. The molecule has 1 aromatic heterocycles. The van der Waals surface area contributed by atoms with E-state index in [1.54, 1.807) is 6.07 Å². The van der Waals surface area contributed by atoms with Gasteiger partial charge in [0.25, 0.3) is 5.91 Å². The van der Waals surface area contributed by atoms with Crippen LogP contribution in [0.4, 0.5) is 8.78 Å². The number of amides is 3. The van der Waals surface area contributed by atoms with Gasteiger partial charge in [0.1, 0.15) is 24.2 Å². The van der Waals surface area contributed by atoms with E-state index >= 15 is 0 Å². The minimum Gasteiger partial charge on any atom is -0.370 e. The van der Waals surface area contributed by atoms with Crippen molar-refractivity contribution in [3.8, 4) is 0 Å². The van der Waals surface area contributed by atoms with Crippen LogP contribution in [0.25, 0.3) is 10.9 Å². The predicted molar refractivity (Wildman–Crippen MR) is 124 cm³/mol. The number of nitrogens with zero attached hydrogens (tertiary/aromatic N) is 1. The molecule has 9 nitrogen and oxygen atoms in total. The number of aromatic nitrogens is 1. The number of halogens is 2. The van der Waals surface area contributed by atoms with Gasteiger partial charge in [-0.15, -0.1) is 0 Å². The first-order chi connectivity index (χ1) is 17.3. The normalized spacial score (nSPS) is 23.8. The second-order valence-electron chi connectivity index (χ2n) is 9.73. The molecule has 11 heteroatoms. The van der Waals surface area contributed by atoms with Gasteiger partial charge in [0.15, 0.2) is 5.78 Å². The van der Waals surface area contributed by atoms with Crippen LogP contribution in [0, 0.1) is 11.7 Å². The van der Waals surface area contributed by atoms with Crippen LogP contribution in [0.1, 0.15) is 42.6 Å². The molecule has 1 aromatic carbocycles. The van der Waals surface area contributed by atoms with E-state index in [1.165, 1.54) is 23.1 Å². The Morgan fingerprint density at radius 1 is 1.28 bits per heavy atom. The molecule has 1 spiro atoms. The van der Waals surface area contributed by atoms with Crippen molar-refractivity contribution in [2.24, 2.45) is 5.92 Å². The molecule has 5 rings (SSSR count). The highest BCUT2D eigenvalue weighted by Crippen LogP contribution is 2.43. The fourth-order valence-corrected chi connectivity index (χ4v) is 5.54. The third-order valence-electron chi connectivity index (χ3n) is 7.60. The molecule has 36 heavy (non-hydrogen) atoms. The number of hydrogen-bond donors (Lipinski definition) is 3. The Balaban J connectivity index is 1.42. The summed E-state index contributed by atoms with van der Waals surface area (Å²) >= 11 is 0. The zero-order valence-electron chi connectivity index (χ0n) is 19.6. The first kappa shape index (κ1) is 24.4. The van der Waals surface area contributed by atoms with Gasteiger partial charge in [0.05, 0.1) is 18.2 Å². The lowest BCUT2D eigenvalue weighted by atomic mass is 9.72. The molecule has 3 amide bonds. The maximum Gasteiger partial charge on any atom is 0.271 e. The zero-order chi connectivity index (χ0) is 25.4. The highest BCUT2D eigenvalue weighted by atomic mass is 19.1. The number of morpholine rings is 1. The third kappa shape index (κ3) is 4.25. The molecule has 1 saturated carbocycles. The average Bonchev–Trinajstić information content (AvgIpc) is 3.48. The highest BCUT2D eigenvalue weighted by Gasteiger charge is 2.55. The maximum absolute atomic E-state index is 14.2. The van der Waals surface area contributed by atoms with Crippen molar-refractivity contribution in [1.29, 1.82) is 0 Å². The summed E-state index contributed by atoms with van der Waals surface area (Å²) in [5.41, 5.74) is -0.332. The van der Waals surface area contributed by atoms with Crippen LogP contribution in [0.2, 0.25) is 0 Å². The summed E-state index contributed by atoms with van der Waals surface area (Å²) in [6, 6.07) is 3.64. The first-order valence-electron chi connectivity index (χ1n) is 12.2. The van der Waals surface area contributed by atoms with E-state index in [-0.39, 0.29) is 36.6 Å². The Bertz CT molecular complexity index is 1210. The number of carbonyl (C=O) groups excluding carboxylic acids is 4. The molecule has 3 aliphatic rings. The Hall–Kier alpha value is -3.34. The summed E-state index contributed by atoms with van der Waals surface area (Å²) < 4.78 is 33.6. The Morgan fingerprint density at radius 2 is 2.08 bits per heavy atom. The van der Waals surface area contributed by atoms with Crippen LogP contribution in [-0.2, 0) is 19.1 Å². The van der Waals surface area contributed by atoms with Crippen LogP contribution in [0.5, 0.6) is 0 Å². The molecule has 192 valence electrons. The minimum absolute atomic E-state index is 0.0177. The molecule has 2 aliphatic heterocycles. The number of fused-ring (bicyclic) bond motifs is 1. The molecule has 0 bridgehead atoms. The number of alkyl halides is 1. The molecule has 2 aromatic rings. The number of benzene rings is 1. The fraction of sp³-hybridized carbons (Fsp3) is 0.520. The van der Waals surface area contributed by atoms with E-state index in [0.717, 1.165) is 6.42 Å². The van der Waals surface area contributed by atoms with E-state index in [0.29, 0.717) is 31.3 Å². The smallest absolute Gasteiger partial charge is 0.271 e. The molecule has 1 aliphatic carbocycles. The van der Waals surface area contributed by atoms with E-state index in [9.17, 15) is 28.0 Å². The summed E-state index contributed by atoms with van der Waals surface area (Å²) in [4.78, 5) is 55.9. The Labute approximate surface area is 205 Å². The standard InChI is InChI=1S/C25H28F2N4O5/c26-13-20(32)18(11-14-5-8-28-22(14)33)30-23(34)21-25(6-2-7-25)36-10-9-31(21)24(35)19-12-15-16(27)3-1-4-17(15)29-19/h1,3-4,12,14,18,21,29H,2,5-11,13H2,(H,28,33)(H,30,34)/t14-,18+,21-/m0/s1. The number of ether oxygens (including phenoxy) is 1. The quantitative estimate of drug-likeness (QED) is 0.532. The number of aromatic amines is 1. The molecular weight excluding hydrogens is 474 g/mol. The second-order valence-corrected chi connectivity index (χ2v) is 9.73. The Kier molecular flexibility index (Phi) is 6.50. The Morgan fingerprint density at radius 3 is 2.72 bits per heavy atom. The van der Waals surface area contributed by atoms with Crippen LogP contribution < -0.4 is 10.6 Å². The summed E-state index contributed by atoms with van der Waals surface area (Å²) in [7, 11) is 0. The van der Waals surface area contributed by atoms with Gasteiger partial charge in [0.2, 0.25) is 11.8 Å². The third-order valence-corrected chi connectivity index (χ3v) is 7.60. The molecule has 0 radical (unpaired) electrons. The number of rotatable bonds is 7. The predicted octanol–water partition coefficient (Wildman–Crippen LogP) is 1.62. The van der Waals surface area contributed by atoms with Gasteiger partial charge in [0, 0.05) is 29.9 Å². The topological polar surface area (TPSA) is 121 Å². The highest BCUT2D eigenvalue weighted by molar-refractivity contribution is 6.01. The zero-order valence-corrected chi connectivity index (χ0v) is 19.6. The van der Waals surface area contributed by atoms with Crippen LogP contribution in [-0.4, -0.2) is 77.4 Å². The average molecular weight is 503 g/mol. The molecule has 3 fully saturated rings. The van der Waals surface area contributed by atoms with Crippen LogP contribution in [0.15, 0.2) is 24.3 Å². The van der Waals surface area contributed by atoms with Crippen molar-refractivity contribution in [1.82, 2.24) is 20.5 Å². The molecule has 3 heterocycles. The number of H-pyrrole nitrogens is 1. The summed E-state index contributed by atoms with van der Waals surface area (Å²) in [5.74, 6) is -3.17. The molecular formula is C25H28F2N4O5. The number of Topliss-reactive ketones (excluding diaryl/α,β-unsaturated/α-hetero) is 1. The number of nitrogens with one attached hydrogen (secondary N) is 3. The van der Waals surface area contributed by atoms with Crippen LogP contribution >= 0.6 is 0 Å². The number of hydrogen-bond acceptors (Lipinski definition) is 5. The van der Waals surface area contributed by atoms with Gasteiger partial charge in [-0.1, -0.05) is 6.07 Å². The number of carbonyl (C=O) groups is 4. The van der Waals surface area contributed by atoms with Gasteiger partial charge >= 0.3 is 0 Å². The van der Waals surface area contributed by atoms with E-state index in [2.05, 4.69) is 15.6 Å². The van der Waals surface area contributed by atoms with E-state index < -0.39 is 53.7 Å². The first-order valence-corrected chi connectivity index (χ1v) is 12.2. The van der Waals surface area contributed by atoms with Gasteiger partial charge in [-0.25, -0.2) is 8.78 Å². The van der Waals surface area contributed by atoms with Crippen LogP contribution in [0.3, 0.4) is 0 Å². The largest absolute Gasteiger partial charge is 0.370 e. The molecule has 2 saturated heterocycles. The summed E-state index contributed by atoms with van der Waals surface area (Å²) in [6.45, 7) is -0.488. The van der Waals surface area contributed by atoms with Crippen molar-refractivity contribution >= 4 is 34.4 Å². The SMILES string of the molecule is O=C1NCC[C@H]1C[C@@H](NC(=O)[C@@H]1N(C(=O)c2cc3c(F)cccc3[nH]2)CCOC12CCC2)C(=O)CF. The van der Waals surface area contributed by atoms with Gasteiger partial charge in [-0.2, -0.15) is 0 Å². The monoisotopic (exact) mass is 502 g/mol. The maximum atomic E-state index is 14.2. The van der Waals surface area contributed by atoms with E-state index in [4.69, 9.17) is 4.74 Å². The molecule has 3 N–H and O–H groups in total. The fourth-order valence-electron chi connectivity index (χ4n) is 5.54. The van der Waals surface area contributed by atoms with Crippen molar-refractivity contribution in [2.45, 2.75) is 49.8 Å². The van der Waals surface area contributed by atoms with E-state index in [1.807, 2.05) is 0 Å². The number of ketones is 1. The molecule has 0 unspecified atom stereocenters. The lowest BCUT2D eigenvalue weighted by Gasteiger charge is -2.53. The van der Waals surface area contributed by atoms with Crippen molar-refractivity contribution in [2.75, 3.05) is 26.4 Å². The van der Waals surface area contributed by atoms with Gasteiger partial charge < -0.3 is 25.3 Å². The van der Waals surface area contributed by atoms with Crippen molar-refractivity contribution < 1.29 is 32.7 Å². The van der Waals surface area contributed by atoms with Gasteiger partial charge in [-0.3, -0.25) is 19.2 Å². The lowest BCUT2D eigenvalue weighted by Crippen LogP contribution is -2.69. The van der Waals surface area contributed by atoms with Crippen molar-refractivity contribution in [3.05, 3.63) is 35.8 Å². The second kappa shape index (κ2) is 9.61. The van der Waals surface area contributed by atoms with Gasteiger partial charge in [-0.05, 0) is 50.3 Å². The summed E-state index contributed by atoms with van der Waals surface area (Å²) in [5, 5.41) is 5.56.